The first-order chi connectivity index (χ1) is 9.29. The number of nitrogens with two attached hydrogens (primary N) is 1. The molecule has 0 amide bonds. The van der Waals surface area contributed by atoms with E-state index in [4.69, 9.17) is 5.73 Å². The van der Waals surface area contributed by atoms with Gasteiger partial charge in [0.1, 0.15) is 10.7 Å². The van der Waals surface area contributed by atoms with Crippen LogP contribution in [0.2, 0.25) is 0 Å². The van der Waals surface area contributed by atoms with Crippen LogP contribution in [0.15, 0.2) is 45.8 Å². The van der Waals surface area contributed by atoms with Gasteiger partial charge in [0.15, 0.2) is 0 Å². The third-order valence-electron chi connectivity index (χ3n) is 2.61. The fourth-order valence-electron chi connectivity index (χ4n) is 1.70. The smallest absolute Gasteiger partial charge is 0.263 e. The molecule has 0 aromatic heterocycles. The maximum atomic E-state index is 13.3. The highest BCUT2D eigenvalue weighted by Crippen LogP contribution is 2.27. The van der Waals surface area contributed by atoms with Crippen LogP contribution in [0.4, 0.5) is 15.8 Å². The maximum absolute atomic E-state index is 13.3. The summed E-state index contributed by atoms with van der Waals surface area (Å²) in [6, 6.07) is 9.00. The minimum absolute atomic E-state index is 0.0383. The number of halogens is 2. The van der Waals surface area contributed by atoms with Gasteiger partial charge in [-0.1, -0.05) is 12.1 Å². The van der Waals surface area contributed by atoms with Crippen molar-refractivity contribution in [2.75, 3.05) is 10.5 Å². The predicted molar refractivity (Wildman–Crippen MR) is 80.5 cm³/mol. The van der Waals surface area contributed by atoms with Gasteiger partial charge in [0.2, 0.25) is 0 Å². The fourth-order valence-corrected chi connectivity index (χ4v) is 3.38. The first-order valence-corrected chi connectivity index (χ1v) is 7.91. The Balaban J connectivity index is 2.43. The molecule has 4 nitrogen and oxygen atoms in total. The van der Waals surface area contributed by atoms with Crippen molar-refractivity contribution in [3.8, 4) is 0 Å². The second-order valence-corrected chi connectivity index (χ2v) is 6.78. The number of nitrogen functional groups attached to an aromatic ring is 1. The maximum Gasteiger partial charge on any atom is 0.263 e. The van der Waals surface area contributed by atoms with Crippen LogP contribution < -0.4 is 10.5 Å². The largest absolute Gasteiger partial charge is 0.398 e. The third kappa shape index (κ3) is 3.10. The molecule has 0 aliphatic rings. The molecule has 0 unspecified atom stereocenters. The molecule has 0 aliphatic heterocycles. The second kappa shape index (κ2) is 5.41. The monoisotopic (exact) mass is 358 g/mol. The van der Waals surface area contributed by atoms with Gasteiger partial charge in [-0.2, -0.15) is 0 Å². The van der Waals surface area contributed by atoms with Gasteiger partial charge in [-0.25, -0.2) is 12.8 Å². The van der Waals surface area contributed by atoms with Crippen LogP contribution >= 0.6 is 15.9 Å². The molecule has 2 rings (SSSR count). The molecule has 0 radical (unpaired) electrons. The van der Waals surface area contributed by atoms with Crippen LogP contribution in [-0.2, 0) is 10.0 Å². The molecule has 2 aromatic carbocycles. The van der Waals surface area contributed by atoms with Crippen LogP contribution in [0.25, 0.3) is 0 Å². The molecule has 3 N–H and O–H groups in total. The summed E-state index contributed by atoms with van der Waals surface area (Å²) >= 11 is 2.95. The lowest BCUT2D eigenvalue weighted by molar-refractivity contribution is 0.599. The minimum atomic E-state index is -3.87. The van der Waals surface area contributed by atoms with E-state index < -0.39 is 15.8 Å². The van der Waals surface area contributed by atoms with Crippen molar-refractivity contribution in [2.45, 2.75) is 11.8 Å². The molecule has 0 atom stereocenters. The summed E-state index contributed by atoms with van der Waals surface area (Å²) in [7, 11) is -3.87. The van der Waals surface area contributed by atoms with E-state index in [0.29, 0.717) is 5.69 Å². The fraction of sp³-hybridized carbons (Fsp3) is 0.0769. The topological polar surface area (TPSA) is 72.2 Å². The molecule has 0 bridgehead atoms. The molecule has 106 valence electrons. The summed E-state index contributed by atoms with van der Waals surface area (Å²) in [5.41, 5.74) is 6.77. The van der Waals surface area contributed by atoms with Crippen LogP contribution in [0, 0.1) is 12.7 Å². The van der Waals surface area contributed by atoms with E-state index in [1.54, 1.807) is 18.2 Å². The zero-order valence-electron chi connectivity index (χ0n) is 10.5. The Labute approximate surface area is 125 Å². The average Bonchev–Trinajstić information content (AvgIpc) is 2.33. The average molecular weight is 359 g/mol. The summed E-state index contributed by atoms with van der Waals surface area (Å²) in [4.78, 5) is -0.174. The van der Waals surface area contributed by atoms with E-state index in [1.165, 1.54) is 0 Å². The van der Waals surface area contributed by atoms with Crippen molar-refractivity contribution >= 4 is 37.3 Å². The number of anilines is 2. The van der Waals surface area contributed by atoms with Crippen molar-refractivity contribution in [1.29, 1.82) is 0 Å². The predicted octanol–water partition coefficient (Wildman–Crippen LogP) is 3.28. The summed E-state index contributed by atoms with van der Waals surface area (Å²) in [6.45, 7) is 1.85. The van der Waals surface area contributed by atoms with E-state index in [-0.39, 0.29) is 15.1 Å². The molecule has 2 aromatic rings. The first-order valence-electron chi connectivity index (χ1n) is 5.63. The Morgan fingerprint density at radius 1 is 1.25 bits per heavy atom. The lowest BCUT2D eigenvalue weighted by Crippen LogP contribution is -2.15. The standard InChI is InChI=1S/C13H12BrFN2O2S/c1-8-3-2-4-9(5-8)17-20(18,19)13-6-10(14)11(15)7-12(13)16/h2-7,17H,16H2,1H3. The summed E-state index contributed by atoms with van der Waals surface area (Å²) in [5, 5.41) is 0. The van der Waals surface area contributed by atoms with Gasteiger partial charge in [-0.3, -0.25) is 4.72 Å². The van der Waals surface area contributed by atoms with Gasteiger partial charge < -0.3 is 5.73 Å². The summed E-state index contributed by atoms with van der Waals surface area (Å²) in [6.07, 6.45) is 0. The molecule has 0 fully saturated rings. The van der Waals surface area contributed by atoms with Gasteiger partial charge >= 0.3 is 0 Å². The minimum Gasteiger partial charge on any atom is -0.398 e. The van der Waals surface area contributed by atoms with Gasteiger partial charge in [0.05, 0.1) is 10.2 Å². The normalized spacial score (nSPS) is 11.3. The summed E-state index contributed by atoms with van der Waals surface area (Å²) < 4.78 is 40.3. The number of benzene rings is 2. The van der Waals surface area contributed by atoms with Gasteiger partial charge in [-0.15, -0.1) is 0 Å². The highest BCUT2D eigenvalue weighted by molar-refractivity contribution is 9.10. The van der Waals surface area contributed by atoms with Gasteiger partial charge in [0.25, 0.3) is 10.0 Å². The van der Waals surface area contributed by atoms with E-state index in [2.05, 4.69) is 20.7 Å². The van der Waals surface area contributed by atoms with E-state index >= 15 is 0 Å². The Morgan fingerprint density at radius 2 is 1.95 bits per heavy atom. The first kappa shape index (κ1) is 14.8. The number of hydrogen-bond acceptors (Lipinski definition) is 3. The highest BCUT2D eigenvalue weighted by Gasteiger charge is 2.19. The van der Waals surface area contributed by atoms with Crippen molar-refractivity contribution in [1.82, 2.24) is 0 Å². The molecule has 0 saturated carbocycles. The second-order valence-electron chi connectivity index (χ2n) is 4.28. The van der Waals surface area contributed by atoms with E-state index in [1.807, 2.05) is 13.0 Å². The number of hydrogen-bond donors (Lipinski definition) is 2. The summed E-state index contributed by atoms with van der Waals surface area (Å²) in [5.74, 6) is -0.614. The zero-order valence-corrected chi connectivity index (χ0v) is 12.9. The van der Waals surface area contributed by atoms with Crippen molar-refractivity contribution in [3.05, 3.63) is 52.3 Å². The van der Waals surface area contributed by atoms with E-state index in [0.717, 1.165) is 17.7 Å². The van der Waals surface area contributed by atoms with Crippen LogP contribution in [-0.4, -0.2) is 8.42 Å². The molecule has 0 saturated heterocycles. The molecule has 0 spiro atoms. The molecule has 7 heteroatoms. The lowest BCUT2D eigenvalue weighted by atomic mass is 10.2. The number of aryl methyl sites for hydroxylation is 1. The molecular formula is C13H12BrFN2O2S. The lowest BCUT2D eigenvalue weighted by Gasteiger charge is -2.11. The number of nitrogens with one attached hydrogen (secondary N) is 1. The highest BCUT2D eigenvalue weighted by atomic mass is 79.9. The van der Waals surface area contributed by atoms with Crippen molar-refractivity contribution in [2.24, 2.45) is 0 Å². The third-order valence-corrected chi connectivity index (χ3v) is 4.66. The number of sulfonamides is 1. The van der Waals surface area contributed by atoms with Gasteiger partial charge in [-0.05, 0) is 52.7 Å². The SMILES string of the molecule is Cc1cccc(NS(=O)(=O)c2cc(Br)c(F)cc2N)c1. The van der Waals surface area contributed by atoms with E-state index in [9.17, 15) is 12.8 Å². The van der Waals surface area contributed by atoms with Crippen LogP contribution in [0.5, 0.6) is 0 Å². The quantitative estimate of drug-likeness (QED) is 0.827. The Bertz CT molecular complexity index is 763. The Kier molecular flexibility index (Phi) is 4.01. The van der Waals surface area contributed by atoms with Crippen LogP contribution in [0.1, 0.15) is 5.56 Å². The van der Waals surface area contributed by atoms with Gasteiger partial charge in [0, 0.05) is 5.69 Å². The van der Waals surface area contributed by atoms with Crippen LogP contribution in [0.3, 0.4) is 0 Å². The Morgan fingerprint density at radius 3 is 2.60 bits per heavy atom. The van der Waals surface area contributed by atoms with Crippen molar-refractivity contribution < 1.29 is 12.8 Å². The molecule has 0 heterocycles. The number of rotatable bonds is 3. The molecular weight excluding hydrogens is 347 g/mol. The zero-order chi connectivity index (χ0) is 14.9. The Hall–Kier alpha value is -1.60. The molecule has 20 heavy (non-hydrogen) atoms. The van der Waals surface area contributed by atoms with Crippen molar-refractivity contribution in [3.63, 3.8) is 0 Å². The molecule has 0 aliphatic carbocycles.